The van der Waals surface area contributed by atoms with Crippen molar-refractivity contribution in [3.05, 3.63) is 48.2 Å². The number of nitrogens with two attached hydrogens (primary N) is 1. The third kappa shape index (κ3) is 4.72. The predicted molar refractivity (Wildman–Crippen MR) is 118 cm³/mol. The number of aryl methyl sites for hydroxylation is 1. The van der Waals surface area contributed by atoms with Crippen LogP contribution < -0.4 is 10.6 Å². The molecule has 31 heavy (non-hydrogen) atoms. The number of nitrogens with zero attached hydrogens (tertiary/aromatic N) is 7. The van der Waals surface area contributed by atoms with Crippen molar-refractivity contribution in [3.63, 3.8) is 0 Å². The predicted octanol–water partition coefficient (Wildman–Crippen LogP) is 1.71. The van der Waals surface area contributed by atoms with E-state index in [4.69, 9.17) is 5.73 Å². The number of aromatic nitrogens is 5. The number of hydrogen-bond acceptors (Lipinski definition) is 7. The van der Waals surface area contributed by atoms with Gasteiger partial charge in [-0.2, -0.15) is 0 Å². The minimum atomic E-state index is -0.609. The van der Waals surface area contributed by atoms with E-state index in [1.165, 1.54) is 0 Å². The van der Waals surface area contributed by atoms with Gasteiger partial charge in [0.25, 0.3) is 5.91 Å². The van der Waals surface area contributed by atoms with Crippen LogP contribution in [0.15, 0.2) is 30.7 Å². The Bertz CT molecular complexity index is 1070. The lowest BCUT2D eigenvalue weighted by Gasteiger charge is -2.36. The molecule has 0 atom stereocenters. The normalized spacial score (nSPS) is 14.9. The lowest BCUT2D eigenvalue weighted by Crippen LogP contribution is -2.47. The van der Waals surface area contributed by atoms with E-state index in [0.717, 1.165) is 44.0 Å². The maximum Gasteiger partial charge on any atom is 0.267 e. The zero-order chi connectivity index (χ0) is 22.0. The molecule has 4 heterocycles. The van der Waals surface area contributed by atoms with Crippen LogP contribution in [0.25, 0.3) is 16.9 Å². The van der Waals surface area contributed by atoms with Crippen molar-refractivity contribution in [1.82, 2.24) is 29.9 Å². The second-order valence-electron chi connectivity index (χ2n) is 8.25. The van der Waals surface area contributed by atoms with E-state index in [0.29, 0.717) is 23.0 Å². The first-order chi connectivity index (χ1) is 14.9. The van der Waals surface area contributed by atoms with Crippen LogP contribution in [-0.2, 0) is 0 Å². The number of rotatable bonds is 6. The fourth-order valence-corrected chi connectivity index (χ4v) is 3.82. The molecule has 161 valence electrons. The fraction of sp³-hybridized carbons (Fsp3) is 0.409. The number of amides is 1. The number of primary amides is 1. The van der Waals surface area contributed by atoms with E-state index in [2.05, 4.69) is 56.1 Å². The molecule has 0 bridgehead atoms. The molecular weight excluding hydrogens is 392 g/mol. The Morgan fingerprint density at radius 2 is 2.00 bits per heavy atom. The van der Waals surface area contributed by atoms with Crippen molar-refractivity contribution in [2.45, 2.75) is 20.8 Å². The lowest BCUT2D eigenvalue weighted by atomic mass is 10.1. The summed E-state index contributed by atoms with van der Waals surface area (Å²) in [7, 11) is 0. The van der Waals surface area contributed by atoms with Crippen LogP contribution in [0.5, 0.6) is 0 Å². The monoisotopic (exact) mass is 419 g/mol. The summed E-state index contributed by atoms with van der Waals surface area (Å²) in [6.07, 6.45) is 5.51. The van der Waals surface area contributed by atoms with Gasteiger partial charge >= 0.3 is 0 Å². The fourth-order valence-electron chi connectivity index (χ4n) is 3.82. The molecule has 1 fully saturated rings. The summed E-state index contributed by atoms with van der Waals surface area (Å²) in [4.78, 5) is 24.8. The van der Waals surface area contributed by atoms with Crippen molar-refractivity contribution >= 4 is 11.6 Å². The Morgan fingerprint density at radius 1 is 1.23 bits per heavy atom. The van der Waals surface area contributed by atoms with E-state index in [-0.39, 0.29) is 5.69 Å². The molecule has 0 unspecified atom stereocenters. The van der Waals surface area contributed by atoms with Gasteiger partial charge in [0.2, 0.25) is 0 Å². The highest BCUT2D eigenvalue weighted by Crippen LogP contribution is 2.24. The maximum atomic E-state index is 11.3. The summed E-state index contributed by atoms with van der Waals surface area (Å²) < 4.78 is 1.62. The molecule has 1 saturated heterocycles. The van der Waals surface area contributed by atoms with Gasteiger partial charge in [-0.05, 0) is 25.0 Å². The molecule has 0 spiro atoms. The number of carbonyl (C=O) groups excluding carboxylic acids is 1. The highest BCUT2D eigenvalue weighted by Gasteiger charge is 2.19. The molecule has 1 aliphatic heterocycles. The first kappa shape index (κ1) is 20.9. The number of carbonyl (C=O) groups is 1. The number of piperazine rings is 1. The van der Waals surface area contributed by atoms with Gasteiger partial charge in [-0.1, -0.05) is 19.1 Å². The lowest BCUT2D eigenvalue weighted by molar-refractivity contribution is 0.0995. The van der Waals surface area contributed by atoms with Crippen molar-refractivity contribution in [2.24, 2.45) is 11.7 Å². The molecule has 3 aromatic heterocycles. The SMILES string of the molecule is Cc1nc(C(N)=O)[c]cc1-n1cc(-c2cncc(N3CCN(CC(C)C)CC3)c2)nn1. The van der Waals surface area contributed by atoms with Crippen LogP contribution in [-0.4, -0.2) is 68.5 Å². The van der Waals surface area contributed by atoms with Crippen LogP contribution >= 0.6 is 0 Å². The molecule has 1 aliphatic rings. The van der Waals surface area contributed by atoms with Gasteiger partial charge in [0, 0.05) is 50.6 Å². The van der Waals surface area contributed by atoms with Crippen LogP contribution in [0.3, 0.4) is 0 Å². The first-order valence-corrected chi connectivity index (χ1v) is 10.5. The summed E-state index contributed by atoms with van der Waals surface area (Å²) in [6, 6.07) is 6.54. The smallest absolute Gasteiger partial charge is 0.267 e. The summed E-state index contributed by atoms with van der Waals surface area (Å²) in [5.74, 6) is 0.0736. The van der Waals surface area contributed by atoms with Crippen LogP contribution in [0.1, 0.15) is 30.0 Å². The Labute approximate surface area is 181 Å². The van der Waals surface area contributed by atoms with Crippen molar-refractivity contribution in [3.8, 4) is 16.9 Å². The molecule has 0 saturated carbocycles. The molecular formula is C22H27N8O. The van der Waals surface area contributed by atoms with E-state index < -0.39 is 5.91 Å². The van der Waals surface area contributed by atoms with Crippen molar-refractivity contribution in [2.75, 3.05) is 37.6 Å². The molecule has 9 heteroatoms. The van der Waals surface area contributed by atoms with Crippen LogP contribution in [0, 0.1) is 18.9 Å². The van der Waals surface area contributed by atoms with Crippen LogP contribution in [0.4, 0.5) is 5.69 Å². The Hall–Kier alpha value is -3.33. The Kier molecular flexibility index (Phi) is 5.94. The summed E-state index contributed by atoms with van der Waals surface area (Å²) in [5.41, 5.74) is 9.39. The first-order valence-electron chi connectivity index (χ1n) is 10.5. The largest absolute Gasteiger partial charge is 0.368 e. The summed E-state index contributed by atoms with van der Waals surface area (Å²) >= 11 is 0. The van der Waals surface area contributed by atoms with Gasteiger partial charge in [0.05, 0.1) is 29.5 Å². The minimum Gasteiger partial charge on any atom is -0.368 e. The zero-order valence-corrected chi connectivity index (χ0v) is 18.1. The van der Waals surface area contributed by atoms with Crippen molar-refractivity contribution in [1.29, 1.82) is 0 Å². The molecule has 1 amide bonds. The molecule has 9 nitrogen and oxygen atoms in total. The average Bonchev–Trinajstić information content (AvgIpc) is 3.24. The van der Waals surface area contributed by atoms with Gasteiger partial charge in [-0.15, -0.1) is 5.10 Å². The highest BCUT2D eigenvalue weighted by molar-refractivity contribution is 5.90. The second kappa shape index (κ2) is 8.81. The minimum absolute atomic E-state index is 0.104. The van der Waals surface area contributed by atoms with E-state index in [1.807, 2.05) is 12.4 Å². The van der Waals surface area contributed by atoms with E-state index >= 15 is 0 Å². The molecule has 2 N–H and O–H groups in total. The third-order valence-corrected chi connectivity index (χ3v) is 5.35. The van der Waals surface area contributed by atoms with Gasteiger partial charge in [-0.3, -0.25) is 14.7 Å². The third-order valence-electron chi connectivity index (χ3n) is 5.35. The van der Waals surface area contributed by atoms with Gasteiger partial charge in [0.15, 0.2) is 0 Å². The molecule has 0 aromatic carbocycles. The average molecular weight is 420 g/mol. The zero-order valence-electron chi connectivity index (χ0n) is 18.1. The highest BCUT2D eigenvalue weighted by atomic mass is 16.1. The number of hydrogen-bond donors (Lipinski definition) is 1. The maximum absolute atomic E-state index is 11.3. The standard InChI is InChI=1S/C22H27N8O/c1-15(2)13-28-6-8-29(9-7-28)18-10-17(11-24-12-18)20-14-30(27-26-20)21-5-4-19(22(23)31)25-16(21)3/h5,10-12,14-15H,6-9,13H2,1-3H3,(H2,23,31). The van der Waals surface area contributed by atoms with E-state index in [9.17, 15) is 4.79 Å². The number of pyridine rings is 2. The molecule has 0 aliphatic carbocycles. The van der Waals surface area contributed by atoms with Gasteiger partial charge < -0.3 is 10.6 Å². The Balaban J connectivity index is 1.51. The second-order valence-corrected chi connectivity index (χ2v) is 8.25. The van der Waals surface area contributed by atoms with Crippen LogP contribution in [0.2, 0.25) is 0 Å². The molecule has 1 radical (unpaired) electrons. The van der Waals surface area contributed by atoms with Crippen molar-refractivity contribution < 1.29 is 4.79 Å². The number of anilines is 1. The summed E-state index contributed by atoms with van der Waals surface area (Å²) in [6.45, 7) is 11.5. The topological polar surface area (TPSA) is 106 Å². The van der Waals surface area contributed by atoms with Gasteiger partial charge in [0.1, 0.15) is 11.4 Å². The molecule has 3 aromatic rings. The molecule has 4 rings (SSSR count). The van der Waals surface area contributed by atoms with E-state index in [1.54, 1.807) is 23.9 Å². The Morgan fingerprint density at radius 3 is 2.68 bits per heavy atom. The quantitative estimate of drug-likeness (QED) is 0.648. The van der Waals surface area contributed by atoms with Gasteiger partial charge in [-0.25, -0.2) is 9.67 Å². The summed E-state index contributed by atoms with van der Waals surface area (Å²) in [5, 5.41) is 8.53.